The molecule has 0 aliphatic carbocycles. The second-order valence-electron chi connectivity index (χ2n) is 5.60. The van der Waals surface area contributed by atoms with E-state index in [1.807, 2.05) is 0 Å². The number of rotatable bonds is 14. The molecule has 1 unspecified atom stereocenters. The Bertz CT molecular complexity index is 307. The van der Waals surface area contributed by atoms with Crippen LogP contribution in [0, 0.1) is 0 Å². The molecule has 0 aliphatic rings. The summed E-state index contributed by atoms with van der Waals surface area (Å²) in [5.74, 6) is 0. The molecule has 1 N–H and O–H groups in total. The molecular weight excluding hydrogens is 299 g/mol. The molecule has 21 heavy (non-hydrogen) atoms. The Hall–Kier alpha value is 0.870. The first kappa shape index (κ1) is 24.1. The minimum Gasteiger partial charge on any atom is -0.748 e. The van der Waals surface area contributed by atoms with E-state index >= 15 is 0 Å². The summed E-state index contributed by atoms with van der Waals surface area (Å²) in [4.78, 5) is 0. The van der Waals surface area contributed by atoms with E-state index in [4.69, 9.17) is 5.11 Å². The van der Waals surface area contributed by atoms with E-state index in [1.165, 1.54) is 38.5 Å². The van der Waals surface area contributed by atoms with Gasteiger partial charge in [-0.3, -0.25) is 0 Å². The number of aliphatic hydroxyl groups excluding tert-OH is 1. The maximum atomic E-state index is 11.1. The van der Waals surface area contributed by atoms with Gasteiger partial charge in [0.25, 0.3) is 0 Å². The fourth-order valence-electron chi connectivity index (χ4n) is 2.43. The van der Waals surface area contributed by atoms with Gasteiger partial charge in [-0.25, -0.2) is 8.42 Å². The first-order valence-electron chi connectivity index (χ1n) is 8.08. The van der Waals surface area contributed by atoms with Crippen molar-refractivity contribution in [3.8, 4) is 0 Å². The van der Waals surface area contributed by atoms with Crippen molar-refractivity contribution in [2.45, 2.75) is 89.2 Å². The molecule has 0 saturated carbocycles. The molecule has 1 atom stereocenters. The molecule has 122 valence electrons. The van der Waals surface area contributed by atoms with Crippen molar-refractivity contribution in [2.24, 2.45) is 0 Å². The van der Waals surface area contributed by atoms with E-state index in [9.17, 15) is 13.0 Å². The van der Waals surface area contributed by atoms with Crippen LogP contribution in [0.25, 0.3) is 0 Å². The molecule has 0 aromatic heterocycles. The first-order valence-corrected chi connectivity index (χ1v) is 9.55. The van der Waals surface area contributed by atoms with Gasteiger partial charge in [-0.2, -0.15) is 0 Å². The quantitative estimate of drug-likeness (QED) is 0.287. The van der Waals surface area contributed by atoms with Gasteiger partial charge in [0.2, 0.25) is 0 Å². The standard InChI is InChI=1S/C15H32O4S.Na/c1-2-3-4-5-6-7-8-9-10-12-15(13-11-14-16)20(17,18)19;/h15-16H,2-14H2,1H3,(H,17,18,19);/q;+1/p-1. The van der Waals surface area contributed by atoms with E-state index in [2.05, 4.69) is 6.92 Å². The van der Waals surface area contributed by atoms with E-state index in [-0.39, 0.29) is 36.2 Å². The Morgan fingerprint density at radius 1 is 0.857 bits per heavy atom. The summed E-state index contributed by atoms with van der Waals surface area (Å²) in [6.45, 7) is 2.15. The van der Waals surface area contributed by atoms with Crippen LogP contribution >= 0.6 is 0 Å². The van der Waals surface area contributed by atoms with Gasteiger partial charge in [0.05, 0.1) is 10.1 Å². The van der Waals surface area contributed by atoms with E-state index in [1.54, 1.807) is 0 Å². The second kappa shape index (κ2) is 15.8. The smallest absolute Gasteiger partial charge is 0.748 e. The molecule has 0 aromatic rings. The third kappa shape index (κ3) is 15.5. The average molecular weight is 330 g/mol. The van der Waals surface area contributed by atoms with Gasteiger partial charge < -0.3 is 9.66 Å². The fraction of sp³-hybridized carbons (Fsp3) is 1.00. The second-order valence-corrected chi connectivity index (χ2v) is 7.25. The van der Waals surface area contributed by atoms with Crippen molar-refractivity contribution in [1.29, 1.82) is 0 Å². The Morgan fingerprint density at radius 2 is 1.29 bits per heavy atom. The molecule has 0 fully saturated rings. The van der Waals surface area contributed by atoms with Crippen LogP contribution in [0.15, 0.2) is 0 Å². The van der Waals surface area contributed by atoms with Crippen molar-refractivity contribution >= 4 is 10.1 Å². The zero-order valence-electron chi connectivity index (χ0n) is 13.8. The van der Waals surface area contributed by atoms with Crippen LogP contribution in [0.2, 0.25) is 0 Å². The predicted octanol–water partition coefficient (Wildman–Crippen LogP) is 0.598. The summed E-state index contributed by atoms with van der Waals surface area (Å²) in [5, 5.41) is 7.91. The zero-order chi connectivity index (χ0) is 15.3. The van der Waals surface area contributed by atoms with Crippen LogP contribution in [-0.2, 0) is 10.1 Å². The molecule has 0 heterocycles. The van der Waals surface area contributed by atoms with E-state index < -0.39 is 15.4 Å². The maximum absolute atomic E-state index is 11.1. The molecule has 0 saturated heterocycles. The fourth-order valence-corrected chi connectivity index (χ4v) is 3.35. The van der Waals surface area contributed by atoms with E-state index in [0.717, 1.165) is 19.3 Å². The largest absolute Gasteiger partial charge is 1.00 e. The molecule has 0 aromatic carbocycles. The number of hydrogen-bond donors (Lipinski definition) is 1. The maximum Gasteiger partial charge on any atom is 1.00 e. The third-order valence-corrected chi connectivity index (χ3v) is 5.01. The number of unbranched alkanes of at least 4 members (excludes halogenated alkanes) is 8. The number of hydrogen-bond acceptors (Lipinski definition) is 4. The molecule has 0 amide bonds. The van der Waals surface area contributed by atoms with E-state index in [0.29, 0.717) is 19.3 Å². The minimum atomic E-state index is -4.21. The molecule has 0 aliphatic heterocycles. The minimum absolute atomic E-state index is 0. The number of aliphatic hydroxyl groups is 1. The van der Waals surface area contributed by atoms with Crippen molar-refractivity contribution in [3.05, 3.63) is 0 Å². The molecule has 0 bridgehead atoms. The molecule has 0 radical (unpaired) electrons. The first-order chi connectivity index (χ1) is 9.52. The van der Waals surface area contributed by atoms with Crippen LogP contribution in [0.3, 0.4) is 0 Å². The Morgan fingerprint density at radius 3 is 1.71 bits per heavy atom. The molecule has 0 spiro atoms. The van der Waals surface area contributed by atoms with Crippen molar-refractivity contribution < 1.29 is 47.6 Å². The third-order valence-electron chi connectivity index (χ3n) is 3.72. The molecular formula is C15H31NaO4S. The van der Waals surface area contributed by atoms with Gasteiger partial charge in [-0.15, -0.1) is 0 Å². The van der Waals surface area contributed by atoms with Gasteiger partial charge >= 0.3 is 29.6 Å². The Kier molecular flexibility index (Phi) is 18.1. The Labute approximate surface area is 153 Å². The summed E-state index contributed by atoms with van der Waals surface area (Å²) in [6, 6.07) is 0. The van der Waals surface area contributed by atoms with Crippen LogP contribution in [-0.4, -0.2) is 29.9 Å². The summed E-state index contributed by atoms with van der Waals surface area (Å²) < 4.78 is 33.2. The Balaban J connectivity index is 0. The average Bonchev–Trinajstić information content (AvgIpc) is 2.38. The molecule has 0 rings (SSSR count). The summed E-state index contributed by atoms with van der Waals surface area (Å²) >= 11 is 0. The van der Waals surface area contributed by atoms with Crippen LogP contribution in [0.5, 0.6) is 0 Å². The topological polar surface area (TPSA) is 77.4 Å². The predicted molar refractivity (Wildman–Crippen MR) is 81.6 cm³/mol. The van der Waals surface area contributed by atoms with Gasteiger partial charge in [-0.1, -0.05) is 64.7 Å². The normalized spacial score (nSPS) is 12.9. The van der Waals surface area contributed by atoms with Crippen LogP contribution < -0.4 is 29.6 Å². The molecule has 6 heteroatoms. The zero-order valence-corrected chi connectivity index (χ0v) is 16.7. The van der Waals surface area contributed by atoms with Crippen LogP contribution in [0.4, 0.5) is 0 Å². The van der Waals surface area contributed by atoms with Crippen molar-refractivity contribution in [1.82, 2.24) is 0 Å². The summed E-state index contributed by atoms with van der Waals surface area (Å²) in [5.41, 5.74) is 0. The summed E-state index contributed by atoms with van der Waals surface area (Å²) in [7, 11) is -4.21. The van der Waals surface area contributed by atoms with Crippen LogP contribution in [0.1, 0.15) is 84.0 Å². The SMILES string of the molecule is CCCCCCCCCCCC(CCCO)S(=O)(=O)[O-].[Na+]. The van der Waals surface area contributed by atoms with Gasteiger partial charge in [0.15, 0.2) is 0 Å². The van der Waals surface area contributed by atoms with Gasteiger partial charge in [0, 0.05) is 11.9 Å². The van der Waals surface area contributed by atoms with Gasteiger partial charge in [-0.05, 0) is 19.3 Å². The van der Waals surface area contributed by atoms with Crippen molar-refractivity contribution in [3.63, 3.8) is 0 Å². The van der Waals surface area contributed by atoms with Crippen molar-refractivity contribution in [2.75, 3.05) is 6.61 Å². The summed E-state index contributed by atoms with van der Waals surface area (Å²) in [6.07, 6.45) is 11.7. The molecule has 4 nitrogen and oxygen atoms in total. The van der Waals surface area contributed by atoms with Gasteiger partial charge in [0.1, 0.15) is 0 Å². The monoisotopic (exact) mass is 330 g/mol.